The molecule has 0 aliphatic heterocycles. The molecule has 138 valence electrons. The third-order valence-electron chi connectivity index (χ3n) is 3.38. The van der Waals surface area contributed by atoms with Gasteiger partial charge in [0.1, 0.15) is 6.61 Å². The van der Waals surface area contributed by atoms with E-state index in [4.69, 9.17) is 21.6 Å². The van der Waals surface area contributed by atoms with Crippen molar-refractivity contribution in [2.24, 2.45) is 10.7 Å². The Hall–Kier alpha value is -2.47. The average Bonchev–Trinajstić information content (AvgIpc) is 2.65. The molecule has 1 aromatic carbocycles. The molecule has 0 fully saturated rings. The highest BCUT2D eigenvalue weighted by molar-refractivity contribution is 14.0. The maximum Gasteiger partial charge on any atom is 0.188 e. The van der Waals surface area contributed by atoms with Crippen molar-refractivity contribution in [2.45, 2.75) is 13.0 Å². The third kappa shape index (κ3) is 7.19. The van der Waals surface area contributed by atoms with Crippen molar-refractivity contribution in [3.05, 3.63) is 53.9 Å². The Morgan fingerprint density at radius 2 is 2.15 bits per heavy atom. The second kappa shape index (κ2) is 12.0. The van der Waals surface area contributed by atoms with Crippen LogP contribution in [0.1, 0.15) is 11.3 Å². The summed E-state index contributed by atoms with van der Waals surface area (Å²) in [7, 11) is 1.58. The monoisotopic (exact) mass is 466 g/mol. The number of halogens is 1. The number of pyridine rings is 1. The summed E-state index contributed by atoms with van der Waals surface area (Å²) in [5.74, 6) is 4.04. The van der Waals surface area contributed by atoms with Gasteiger partial charge in [-0.25, -0.2) is 4.99 Å². The lowest BCUT2D eigenvalue weighted by molar-refractivity contribution is 0.330. The Bertz CT molecular complexity index is 745. The first-order chi connectivity index (χ1) is 12.2. The topological polar surface area (TPSA) is 81.8 Å². The maximum absolute atomic E-state index is 5.90. The number of hydrogen-bond donors (Lipinski definition) is 2. The van der Waals surface area contributed by atoms with Gasteiger partial charge in [-0.05, 0) is 29.8 Å². The largest absolute Gasteiger partial charge is 0.493 e. The molecule has 0 aliphatic carbocycles. The van der Waals surface area contributed by atoms with Crippen molar-refractivity contribution >= 4 is 29.9 Å². The second-order valence-corrected chi connectivity index (χ2v) is 5.18. The van der Waals surface area contributed by atoms with Crippen LogP contribution in [-0.2, 0) is 13.0 Å². The molecule has 0 unspecified atom stereocenters. The molecule has 3 N–H and O–H groups in total. The molecular formula is C19H23IN4O2. The standard InChI is InChI=1S/C19H22N4O2.HI/c1-3-12-25-18-13-15(7-8-17(18)24-2)14-23-19(20)22-11-9-16-6-4-5-10-21-16;/h1,4-8,10,13H,9,11-12,14H2,2H3,(H3,20,22,23);1H. The van der Waals surface area contributed by atoms with Gasteiger partial charge in [0.05, 0.1) is 13.7 Å². The highest BCUT2D eigenvalue weighted by atomic mass is 127. The van der Waals surface area contributed by atoms with E-state index in [1.165, 1.54) is 0 Å². The van der Waals surface area contributed by atoms with E-state index in [0.29, 0.717) is 30.5 Å². The van der Waals surface area contributed by atoms with Crippen LogP contribution in [-0.4, -0.2) is 31.2 Å². The van der Waals surface area contributed by atoms with E-state index in [2.05, 4.69) is 21.2 Å². The molecular weight excluding hydrogens is 443 g/mol. The van der Waals surface area contributed by atoms with Gasteiger partial charge in [0.25, 0.3) is 0 Å². The van der Waals surface area contributed by atoms with Crippen LogP contribution in [0.5, 0.6) is 11.5 Å². The molecule has 1 heterocycles. The quantitative estimate of drug-likeness (QED) is 0.270. The first kappa shape index (κ1) is 21.6. The normalized spacial score (nSPS) is 10.4. The van der Waals surface area contributed by atoms with Crippen LogP contribution in [0.25, 0.3) is 0 Å². The number of aromatic nitrogens is 1. The van der Waals surface area contributed by atoms with E-state index in [9.17, 15) is 0 Å². The van der Waals surface area contributed by atoms with Gasteiger partial charge in [0.2, 0.25) is 0 Å². The number of nitrogens with zero attached hydrogens (tertiary/aromatic N) is 2. The van der Waals surface area contributed by atoms with E-state index >= 15 is 0 Å². The lowest BCUT2D eigenvalue weighted by Crippen LogP contribution is -2.33. The molecule has 0 spiro atoms. The Kier molecular flexibility index (Phi) is 9.94. The van der Waals surface area contributed by atoms with Crippen molar-refractivity contribution in [3.8, 4) is 23.8 Å². The minimum Gasteiger partial charge on any atom is -0.493 e. The lowest BCUT2D eigenvalue weighted by Gasteiger charge is -2.10. The fourth-order valence-electron chi connectivity index (χ4n) is 2.15. The fraction of sp³-hybridized carbons (Fsp3) is 0.263. The lowest BCUT2D eigenvalue weighted by atomic mass is 10.2. The summed E-state index contributed by atoms with van der Waals surface area (Å²) >= 11 is 0. The van der Waals surface area contributed by atoms with Crippen LogP contribution < -0.4 is 20.5 Å². The molecule has 6 nitrogen and oxygen atoms in total. The molecule has 7 heteroatoms. The molecule has 0 aliphatic rings. The van der Waals surface area contributed by atoms with Crippen molar-refractivity contribution in [2.75, 3.05) is 20.3 Å². The zero-order chi connectivity index (χ0) is 17.9. The van der Waals surface area contributed by atoms with Crippen molar-refractivity contribution in [3.63, 3.8) is 0 Å². The van der Waals surface area contributed by atoms with Crippen molar-refractivity contribution in [1.29, 1.82) is 0 Å². The van der Waals surface area contributed by atoms with Crippen LogP contribution in [0, 0.1) is 12.3 Å². The molecule has 0 atom stereocenters. The summed E-state index contributed by atoms with van der Waals surface area (Å²) in [5.41, 5.74) is 7.85. The first-order valence-electron chi connectivity index (χ1n) is 7.90. The molecule has 1 aromatic heterocycles. The molecule has 2 aromatic rings. The highest BCUT2D eigenvalue weighted by Gasteiger charge is 2.05. The number of methoxy groups -OCH3 is 1. The Balaban J connectivity index is 0.00000338. The number of terminal acetylenes is 1. The van der Waals surface area contributed by atoms with E-state index < -0.39 is 0 Å². The molecule has 0 bridgehead atoms. The van der Waals surface area contributed by atoms with Crippen LogP contribution in [0.15, 0.2) is 47.6 Å². The SMILES string of the molecule is C#CCOc1cc(CN=C(N)NCCc2ccccn2)ccc1OC.I. The first-order valence-corrected chi connectivity index (χ1v) is 7.90. The minimum absolute atomic E-state index is 0. The summed E-state index contributed by atoms with van der Waals surface area (Å²) in [5, 5.41) is 3.08. The molecule has 0 radical (unpaired) electrons. The summed E-state index contributed by atoms with van der Waals surface area (Å²) in [6.45, 7) is 1.28. The van der Waals surface area contributed by atoms with Crippen LogP contribution in [0.4, 0.5) is 0 Å². The van der Waals surface area contributed by atoms with Crippen molar-refractivity contribution < 1.29 is 9.47 Å². The maximum atomic E-state index is 5.90. The van der Waals surface area contributed by atoms with Crippen LogP contribution >= 0.6 is 24.0 Å². The van der Waals surface area contributed by atoms with Gasteiger partial charge in [-0.1, -0.05) is 18.1 Å². The highest BCUT2D eigenvalue weighted by Crippen LogP contribution is 2.28. The summed E-state index contributed by atoms with van der Waals surface area (Å²) < 4.78 is 10.7. The van der Waals surface area contributed by atoms with Gasteiger partial charge >= 0.3 is 0 Å². The van der Waals surface area contributed by atoms with Gasteiger partial charge in [0.15, 0.2) is 17.5 Å². The van der Waals surface area contributed by atoms with Gasteiger partial charge < -0.3 is 20.5 Å². The molecule has 0 saturated carbocycles. The summed E-state index contributed by atoms with van der Waals surface area (Å²) in [4.78, 5) is 8.59. The van der Waals surface area contributed by atoms with Crippen molar-refractivity contribution in [1.82, 2.24) is 10.3 Å². The number of rotatable bonds is 8. The van der Waals surface area contributed by atoms with E-state index in [1.54, 1.807) is 13.3 Å². The molecule has 0 saturated heterocycles. The Morgan fingerprint density at radius 1 is 1.31 bits per heavy atom. The number of hydrogen-bond acceptors (Lipinski definition) is 4. The fourth-order valence-corrected chi connectivity index (χ4v) is 2.15. The predicted octanol–water partition coefficient (Wildman–Crippen LogP) is 2.37. The number of nitrogens with one attached hydrogen (secondary N) is 1. The Morgan fingerprint density at radius 3 is 2.85 bits per heavy atom. The van der Waals surface area contributed by atoms with E-state index in [0.717, 1.165) is 17.7 Å². The third-order valence-corrected chi connectivity index (χ3v) is 3.38. The smallest absolute Gasteiger partial charge is 0.188 e. The predicted molar refractivity (Wildman–Crippen MR) is 114 cm³/mol. The number of nitrogens with two attached hydrogens (primary N) is 1. The van der Waals surface area contributed by atoms with Gasteiger partial charge in [-0.3, -0.25) is 4.98 Å². The van der Waals surface area contributed by atoms with Gasteiger partial charge in [-0.2, -0.15) is 0 Å². The van der Waals surface area contributed by atoms with E-state index in [-0.39, 0.29) is 30.6 Å². The summed E-state index contributed by atoms with van der Waals surface area (Å²) in [6, 6.07) is 11.4. The number of guanidine groups is 1. The minimum atomic E-state index is 0. The number of ether oxygens (including phenoxy) is 2. The molecule has 2 rings (SSSR count). The zero-order valence-corrected chi connectivity index (χ0v) is 17.0. The summed E-state index contributed by atoms with van der Waals surface area (Å²) in [6.07, 6.45) is 7.78. The zero-order valence-electron chi connectivity index (χ0n) is 14.6. The molecule has 26 heavy (non-hydrogen) atoms. The number of benzene rings is 1. The molecule has 0 amide bonds. The average molecular weight is 466 g/mol. The van der Waals surface area contributed by atoms with Gasteiger partial charge in [-0.15, -0.1) is 30.4 Å². The van der Waals surface area contributed by atoms with Crippen LogP contribution in [0.2, 0.25) is 0 Å². The second-order valence-electron chi connectivity index (χ2n) is 5.18. The van der Waals surface area contributed by atoms with Crippen LogP contribution in [0.3, 0.4) is 0 Å². The van der Waals surface area contributed by atoms with E-state index in [1.807, 2.05) is 36.4 Å². The Labute approximate surface area is 171 Å². The number of aliphatic imine (C=N–C) groups is 1. The van der Waals surface area contributed by atoms with Gasteiger partial charge in [0, 0.05) is 24.9 Å².